The average Bonchev–Trinajstić information content (AvgIpc) is 3.92. The van der Waals surface area contributed by atoms with Crippen LogP contribution in [0.4, 0.5) is 0 Å². The lowest BCUT2D eigenvalue weighted by atomic mass is 9.84. The molecule has 2 fully saturated rings. The van der Waals surface area contributed by atoms with E-state index in [1.165, 1.54) is 16.0 Å². The number of hydrogen-bond acceptors (Lipinski definition) is 9. The number of nitrogens with zero attached hydrogens (tertiary/aromatic N) is 5. The van der Waals surface area contributed by atoms with Gasteiger partial charge < -0.3 is 29.2 Å². The zero-order chi connectivity index (χ0) is 46.7. The van der Waals surface area contributed by atoms with E-state index in [0.717, 1.165) is 50.1 Å². The largest absolute Gasteiger partial charge is 0.464 e. The minimum absolute atomic E-state index is 0.136. The molecule has 5 atom stereocenters. The van der Waals surface area contributed by atoms with Crippen LogP contribution >= 0.6 is 0 Å². The fraction of sp³-hybridized carbons (Fsp3) is 0.490. The SMILES string of the molecule is C=CC(=O)N1CCC(C(=O)N(C)C(C(=O)NC2Cc3cccc(c3)-c3ccc4c(c3)c(c(-c3cccnc3C(C)OC)n4CC)CC(C)(C)COC(=O)[C@@H]3CCCN(N3)C2=O)C(C)C)C1. The first-order valence-electron chi connectivity index (χ1n) is 23.0. The highest BCUT2D eigenvalue weighted by molar-refractivity contribution is 5.96. The number of hydrogen-bond donors (Lipinski definition) is 2. The van der Waals surface area contributed by atoms with Gasteiger partial charge in [0.15, 0.2) is 0 Å². The van der Waals surface area contributed by atoms with Gasteiger partial charge in [-0.3, -0.25) is 34.0 Å². The van der Waals surface area contributed by atoms with Crippen LogP contribution < -0.4 is 10.7 Å². The first-order chi connectivity index (χ1) is 31.0. The summed E-state index contributed by atoms with van der Waals surface area (Å²) in [5.74, 6) is -2.56. The van der Waals surface area contributed by atoms with E-state index in [2.05, 4.69) is 79.1 Å². The number of rotatable bonds is 10. The fourth-order valence-electron chi connectivity index (χ4n) is 9.88. The Bertz CT molecular complexity index is 2460. The van der Waals surface area contributed by atoms with E-state index in [1.807, 2.05) is 39.0 Å². The van der Waals surface area contributed by atoms with Gasteiger partial charge in [-0.25, -0.2) is 5.43 Å². The molecule has 2 N–H and O–H groups in total. The first kappa shape index (κ1) is 47.1. The zero-order valence-electron chi connectivity index (χ0n) is 39.2. The molecule has 2 aromatic heterocycles. The monoisotopic (exact) mass is 887 g/mol. The molecule has 3 aliphatic rings. The minimum atomic E-state index is -1.05. The topological polar surface area (TPSA) is 155 Å². The molecule has 5 heterocycles. The lowest BCUT2D eigenvalue weighted by Gasteiger charge is -2.37. The zero-order valence-corrected chi connectivity index (χ0v) is 39.2. The molecule has 346 valence electrons. The third-order valence-electron chi connectivity index (χ3n) is 13.3. The Morgan fingerprint density at radius 2 is 1.83 bits per heavy atom. The minimum Gasteiger partial charge on any atom is -0.464 e. The maximum Gasteiger partial charge on any atom is 0.324 e. The van der Waals surface area contributed by atoms with Crippen molar-refractivity contribution in [3.05, 3.63) is 90.3 Å². The molecule has 0 aliphatic carbocycles. The summed E-state index contributed by atoms with van der Waals surface area (Å²) in [5, 5.41) is 5.57. The van der Waals surface area contributed by atoms with Gasteiger partial charge in [-0.05, 0) is 98.0 Å². The van der Waals surface area contributed by atoms with Gasteiger partial charge in [0, 0.05) is 74.8 Å². The summed E-state index contributed by atoms with van der Waals surface area (Å²) in [6.45, 7) is 17.5. The van der Waals surface area contributed by atoms with Crippen LogP contribution in [0.1, 0.15) is 83.7 Å². The third-order valence-corrected chi connectivity index (χ3v) is 13.3. The Kier molecular flexibility index (Phi) is 14.3. The van der Waals surface area contributed by atoms with Crippen molar-refractivity contribution in [2.45, 2.75) is 104 Å². The van der Waals surface area contributed by atoms with E-state index in [4.69, 9.17) is 14.5 Å². The molecule has 3 aliphatic heterocycles. The summed E-state index contributed by atoms with van der Waals surface area (Å²) in [6, 6.07) is 15.9. The molecule has 7 rings (SSSR count). The highest BCUT2D eigenvalue weighted by Gasteiger charge is 2.40. The van der Waals surface area contributed by atoms with Crippen LogP contribution in [0.5, 0.6) is 0 Å². The molecule has 0 saturated carbocycles. The number of benzene rings is 2. The molecule has 2 saturated heterocycles. The number of pyridine rings is 1. The normalized spacial score (nSPS) is 21.1. The van der Waals surface area contributed by atoms with Crippen molar-refractivity contribution in [3.63, 3.8) is 0 Å². The van der Waals surface area contributed by atoms with E-state index >= 15 is 0 Å². The van der Waals surface area contributed by atoms with Crippen LogP contribution in [-0.2, 0) is 52.8 Å². The molecule has 0 radical (unpaired) electrons. The molecule has 0 spiro atoms. The number of likely N-dealkylation sites (N-methyl/N-ethyl adjacent to an activating group) is 1. The van der Waals surface area contributed by atoms with Crippen LogP contribution in [-0.4, -0.2) is 112 Å². The van der Waals surface area contributed by atoms with Crippen molar-refractivity contribution in [3.8, 4) is 22.4 Å². The number of carbonyl (C=O) groups is 5. The molecule has 2 aromatic carbocycles. The molecule has 4 amide bonds. The molecule has 14 heteroatoms. The molecule has 65 heavy (non-hydrogen) atoms. The van der Waals surface area contributed by atoms with Gasteiger partial charge in [0.05, 0.1) is 30.0 Å². The number of fused-ring (bicyclic) bond motifs is 6. The number of hydrazine groups is 1. The van der Waals surface area contributed by atoms with Gasteiger partial charge in [-0.2, -0.15) is 0 Å². The second-order valence-electron chi connectivity index (χ2n) is 19.0. The first-order valence-corrected chi connectivity index (χ1v) is 23.0. The second-order valence-corrected chi connectivity index (χ2v) is 19.0. The summed E-state index contributed by atoms with van der Waals surface area (Å²) in [4.78, 5) is 77.2. The van der Waals surface area contributed by atoms with Gasteiger partial charge in [-0.15, -0.1) is 0 Å². The van der Waals surface area contributed by atoms with Crippen molar-refractivity contribution >= 4 is 40.5 Å². The number of esters is 1. The Morgan fingerprint density at radius 3 is 2.55 bits per heavy atom. The molecular formula is C51H65N7O7. The standard InChI is InChI=1S/C51H65N7O7/c1-10-43(59)56-24-21-36(29-56)48(61)55(8)45(31(3)4)47(60)53-41-26-33-15-12-16-34(25-33)35-19-20-42-38(27-35)39(46(57(42)11-2)37-17-13-22-52-44(37)32(5)64-9)28-51(6,7)30-65-50(63)40-18-14-23-58(54-40)49(41)62/h10,12-13,15-17,19-20,22,25,27,31-32,36,40-41,45,54H,1,11,14,18,21,23-24,26,28-30H2,2-9H3,(H,53,60)/t32?,36?,40-,41?,45?/m0/s1. The van der Waals surface area contributed by atoms with Crippen molar-refractivity contribution < 1.29 is 33.4 Å². The van der Waals surface area contributed by atoms with Gasteiger partial charge in [-0.1, -0.05) is 64.6 Å². The number of methoxy groups -OCH3 is 1. The number of amides is 4. The molecule has 4 aromatic rings. The van der Waals surface area contributed by atoms with Gasteiger partial charge >= 0.3 is 5.97 Å². The van der Waals surface area contributed by atoms with Crippen LogP contribution in [0, 0.1) is 17.3 Å². The smallest absolute Gasteiger partial charge is 0.324 e. The maximum atomic E-state index is 14.7. The number of ether oxygens (including phenoxy) is 2. The Balaban J connectivity index is 1.29. The third kappa shape index (κ3) is 9.89. The maximum absolute atomic E-state index is 14.7. The summed E-state index contributed by atoms with van der Waals surface area (Å²) in [6.07, 6.45) is 5.02. The molecule has 6 bridgehead atoms. The molecule has 14 nitrogen and oxygen atoms in total. The average molecular weight is 888 g/mol. The number of carbonyl (C=O) groups excluding carboxylic acids is 5. The quantitative estimate of drug-likeness (QED) is 0.139. The van der Waals surface area contributed by atoms with Crippen molar-refractivity contribution in [2.24, 2.45) is 17.3 Å². The van der Waals surface area contributed by atoms with E-state index in [0.29, 0.717) is 45.3 Å². The summed E-state index contributed by atoms with van der Waals surface area (Å²) < 4.78 is 14.3. The fourth-order valence-corrected chi connectivity index (χ4v) is 9.88. The summed E-state index contributed by atoms with van der Waals surface area (Å²) >= 11 is 0. The van der Waals surface area contributed by atoms with Crippen molar-refractivity contribution in [2.75, 3.05) is 40.4 Å². The lowest BCUT2D eigenvalue weighted by Crippen LogP contribution is -2.62. The summed E-state index contributed by atoms with van der Waals surface area (Å²) in [5.41, 5.74) is 10.5. The Labute approximate surface area is 382 Å². The van der Waals surface area contributed by atoms with E-state index in [9.17, 15) is 24.0 Å². The highest BCUT2D eigenvalue weighted by atomic mass is 16.5. The number of aryl methyl sites for hydroxylation is 1. The van der Waals surface area contributed by atoms with E-state index in [-0.39, 0.29) is 43.4 Å². The number of nitrogens with one attached hydrogen (secondary N) is 2. The van der Waals surface area contributed by atoms with Crippen LogP contribution in [0.3, 0.4) is 0 Å². The van der Waals surface area contributed by atoms with Gasteiger partial charge in [0.2, 0.25) is 17.7 Å². The van der Waals surface area contributed by atoms with Crippen LogP contribution in [0.2, 0.25) is 0 Å². The van der Waals surface area contributed by atoms with Gasteiger partial charge in [0.25, 0.3) is 5.91 Å². The summed E-state index contributed by atoms with van der Waals surface area (Å²) in [7, 11) is 3.30. The molecule has 4 unspecified atom stereocenters. The number of aromatic nitrogens is 2. The lowest BCUT2D eigenvalue weighted by molar-refractivity contribution is -0.155. The predicted octanol–water partition coefficient (Wildman–Crippen LogP) is 6.26. The van der Waals surface area contributed by atoms with Crippen molar-refractivity contribution in [1.29, 1.82) is 0 Å². The second kappa shape index (κ2) is 19.7. The predicted molar refractivity (Wildman–Crippen MR) is 250 cm³/mol. The highest BCUT2D eigenvalue weighted by Crippen LogP contribution is 2.42. The van der Waals surface area contributed by atoms with Gasteiger partial charge in [0.1, 0.15) is 18.1 Å². The number of cyclic esters (lactones) is 1. The molecular weight excluding hydrogens is 823 g/mol. The van der Waals surface area contributed by atoms with E-state index < -0.39 is 47.2 Å². The van der Waals surface area contributed by atoms with Crippen molar-refractivity contribution in [1.82, 2.24) is 35.1 Å². The van der Waals surface area contributed by atoms with E-state index in [1.54, 1.807) is 25.3 Å². The van der Waals surface area contributed by atoms with Crippen LogP contribution in [0.25, 0.3) is 33.3 Å². The number of likely N-dealkylation sites (tertiary alicyclic amines) is 1. The Hall–Kier alpha value is -5.86. The van der Waals surface area contributed by atoms with Crippen LogP contribution in [0.15, 0.2) is 73.4 Å². The Morgan fingerprint density at radius 1 is 1.06 bits per heavy atom.